The molecule has 154 valence electrons. The molecule has 4 rings (SSSR count). The third-order valence-electron chi connectivity index (χ3n) is 5.43. The molecule has 1 aliphatic rings. The highest BCUT2D eigenvalue weighted by atomic mass is 35.5. The molecule has 6 heteroatoms. The number of ether oxygens (including phenoxy) is 2. The molecular weight excluding hydrogens is 402 g/mol. The molecule has 3 aromatic rings. The molecule has 5 nitrogen and oxygen atoms in total. The molecule has 2 aromatic carbocycles. The van der Waals surface area contributed by atoms with Gasteiger partial charge in [-0.05, 0) is 59.7 Å². The number of hydrogen-bond acceptors (Lipinski definition) is 4. The summed E-state index contributed by atoms with van der Waals surface area (Å²) in [4.78, 5) is 17.0. The molecule has 0 saturated heterocycles. The second kappa shape index (κ2) is 8.00. The number of pyridine rings is 1. The van der Waals surface area contributed by atoms with Gasteiger partial charge < -0.3 is 14.6 Å². The normalized spacial score (nSPS) is 17.1. The van der Waals surface area contributed by atoms with Crippen LogP contribution in [0.5, 0.6) is 11.5 Å². The highest BCUT2D eigenvalue weighted by Crippen LogP contribution is 2.41. The second-order valence-corrected chi connectivity index (χ2v) is 7.96. The van der Waals surface area contributed by atoms with Crippen molar-refractivity contribution in [1.82, 2.24) is 4.98 Å². The van der Waals surface area contributed by atoms with Crippen LogP contribution in [0.4, 0.5) is 0 Å². The number of nitrogens with zero attached hydrogens (tertiary/aromatic N) is 1. The van der Waals surface area contributed by atoms with Crippen LogP contribution < -0.4 is 9.47 Å². The van der Waals surface area contributed by atoms with Crippen LogP contribution in [0.15, 0.2) is 36.4 Å². The van der Waals surface area contributed by atoms with Gasteiger partial charge in [0, 0.05) is 5.39 Å². The molecular formula is C24H22ClNO4. The summed E-state index contributed by atoms with van der Waals surface area (Å²) in [6.07, 6.45) is 3.48. The third kappa shape index (κ3) is 3.50. The number of fused-ring (bicyclic) bond motifs is 2. The molecule has 0 bridgehead atoms. The first-order chi connectivity index (χ1) is 14.4. The van der Waals surface area contributed by atoms with Crippen molar-refractivity contribution in [2.75, 3.05) is 14.2 Å². The smallest absolute Gasteiger partial charge is 0.336 e. The zero-order valence-electron chi connectivity index (χ0n) is 17.0. The van der Waals surface area contributed by atoms with E-state index in [-0.39, 0.29) is 0 Å². The monoisotopic (exact) mass is 423 g/mol. The summed E-state index contributed by atoms with van der Waals surface area (Å²) >= 11 is 6.38. The average Bonchev–Trinajstić information content (AvgIpc) is 2.71. The molecule has 1 heterocycles. The number of carbonyl (C=O) groups is 1. The average molecular weight is 424 g/mol. The second-order valence-electron chi connectivity index (χ2n) is 7.56. The van der Waals surface area contributed by atoms with Crippen molar-refractivity contribution in [3.63, 3.8) is 0 Å². The first-order valence-corrected chi connectivity index (χ1v) is 10.1. The van der Waals surface area contributed by atoms with Crippen LogP contribution in [0.3, 0.4) is 0 Å². The molecule has 1 aliphatic carbocycles. The van der Waals surface area contributed by atoms with Crippen LogP contribution in [0.25, 0.3) is 22.6 Å². The van der Waals surface area contributed by atoms with E-state index in [4.69, 9.17) is 26.1 Å². The summed E-state index contributed by atoms with van der Waals surface area (Å²) in [5.74, 6) is 0.391. The maximum absolute atomic E-state index is 12.2. The fourth-order valence-corrected chi connectivity index (χ4v) is 4.50. The molecule has 1 N–H and O–H groups in total. The van der Waals surface area contributed by atoms with Crippen molar-refractivity contribution in [3.05, 3.63) is 63.8 Å². The van der Waals surface area contributed by atoms with Gasteiger partial charge >= 0.3 is 5.97 Å². The minimum absolute atomic E-state index is 0.292. The summed E-state index contributed by atoms with van der Waals surface area (Å²) in [6.45, 7) is 2.12. The van der Waals surface area contributed by atoms with Gasteiger partial charge in [-0.2, -0.15) is 0 Å². The number of hydrogen-bond donors (Lipinski definition) is 1. The molecule has 1 atom stereocenters. The van der Waals surface area contributed by atoms with Crippen LogP contribution in [0.2, 0.25) is 5.02 Å². The van der Waals surface area contributed by atoms with Crippen molar-refractivity contribution in [2.45, 2.75) is 19.8 Å². The Kier molecular flexibility index (Phi) is 5.39. The molecule has 0 fully saturated rings. The molecule has 0 amide bonds. The number of para-hydroxylation sites is 1. The Bertz CT molecular complexity index is 1190. The van der Waals surface area contributed by atoms with Crippen molar-refractivity contribution in [1.29, 1.82) is 0 Å². The van der Waals surface area contributed by atoms with E-state index < -0.39 is 5.97 Å². The van der Waals surface area contributed by atoms with Crippen molar-refractivity contribution >= 4 is 40.1 Å². The molecule has 0 saturated carbocycles. The van der Waals surface area contributed by atoms with Crippen LogP contribution in [0.1, 0.15) is 40.5 Å². The number of allylic oxidation sites excluding steroid dienone is 1. The number of carboxylic acid groups (broad SMARTS) is 1. The topological polar surface area (TPSA) is 68.7 Å². The lowest BCUT2D eigenvalue weighted by Crippen LogP contribution is -2.17. The first kappa shape index (κ1) is 20.2. The van der Waals surface area contributed by atoms with Gasteiger partial charge in [0.25, 0.3) is 0 Å². The Hall–Kier alpha value is -3.05. The maximum atomic E-state index is 12.2. The zero-order valence-corrected chi connectivity index (χ0v) is 17.8. The minimum Gasteiger partial charge on any atom is -0.493 e. The third-order valence-corrected chi connectivity index (χ3v) is 5.71. The fourth-order valence-electron chi connectivity index (χ4n) is 4.20. The van der Waals surface area contributed by atoms with Gasteiger partial charge in [-0.3, -0.25) is 0 Å². The number of methoxy groups -OCH3 is 2. The van der Waals surface area contributed by atoms with E-state index in [1.54, 1.807) is 14.2 Å². The highest BCUT2D eigenvalue weighted by Gasteiger charge is 2.28. The van der Waals surface area contributed by atoms with Gasteiger partial charge in [-0.1, -0.05) is 36.7 Å². The molecule has 0 radical (unpaired) electrons. The lowest BCUT2D eigenvalue weighted by Gasteiger charge is -2.26. The van der Waals surface area contributed by atoms with Crippen LogP contribution in [0, 0.1) is 5.92 Å². The van der Waals surface area contributed by atoms with Gasteiger partial charge in [0.1, 0.15) is 0 Å². The Morgan fingerprint density at radius 3 is 2.67 bits per heavy atom. The van der Waals surface area contributed by atoms with Crippen LogP contribution >= 0.6 is 11.6 Å². The van der Waals surface area contributed by atoms with Gasteiger partial charge in [-0.15, -0.1) is 0 Å². The Balaban J connectivity index is 1.95. The van der Waals surface area contributed by atoms with Gasteiger partial charge in [0.2, 0.25) is 0 Å². The van der Waals surface area contributed by atoms with E-state index in [0.29, 0.717) is 45.3 Å². The predicted molar refractivity (Wildman–Crippen MR) is 119 cm³/mol. The summed E-state index contributed by atoms with van der Waals surface area (Å²) in [7, 11) is 3.11. The summed E-state index contributed by atoms with van der Waals surface area (Å²) in [6, 6.07) is 11.1. The van der Waals surface area contributed by atoms with E-state index in [9.17, 15) is 9.90 Å². The standard InChI is InChI=1S/C24H22ClNO4/c1-13-8-15(10-14-11-18(25)23(30-3)20(12-14)29-2)22-17(9-13)21(24(27)28)16-6-4-5-7-19(16)26-22/h4-7,10-13H,8-9H2,1-3H3,(H,27,28)/b15-10-. The van der Waals surface area contributed by atoms with Crippen LogP contribution in [-0.4, -0.2) is 30.3 Å². The number of halogens is 1. The Morgan fingerprint density at radius 1 is 1.20 bits per heavy atom. The molecule has 1 unspecified atom stereocenters. The fraction of sp³-hybridized carbons (Fsp3) is 0.250. The van der Waals surface area contributed by atoms with Gasteiger partial charge in [-0.25, -0.2) is 9.78 Å². The van der Waals surface area contributed by atoms with Crippen molar-refractivity contribution < 1.29 is 19.4 Å². The van der Waals surface area contributed by atoms with E-state index in [1.807, 2.05) is 42.5 Å². The lowest BCUT2D eigenvalue weighted by atomic mass is 9.80. The molecule has 1 aromatic heterocycles. The number of aromatic nitrogens is 1. The Morgan fingerprint density at radius 2 is 1.97 bits per heavy atom. The quantitative estimate of drug-likeness (QED) is 0.580. The molecule has 0 aliphatic heterocycles. The van der Waals surface area contributed by atoms with Crippen molar-refractivity contribution in [2.24, 2.45) is 5.92 Å². The van der Waals surface area contributed by atoms with Gasteiger partial charge in [0.15, 0.2) is 11.5 Å². The SMILES string of the molecule is COc1cc(/C=C2/CC(C)Cc3c2nc2ccccc2c3C(=O)O)cc(Cl)c1OC. The van der Waals surface area contributed by atoms with Crippen LogP contribution in [-0.2, 0) is 6.42 Å². The number of aromatic carboxylic acids is 1. The summed E-state index contributed by atoms with van der Waals surface area (Å²) in [5, 5.41) is 11.1. The largest absolute Gasteiger partial charge is 0.493 e. The number of benzene rings is 2. The van der Waals surface area contributed by atoms with Gasteiger partial charge in [0.05, 0.1) is 36.0 Å². The van der Waals surface area contributed by atoms with E-state index in [1.165, 1.54) is 0 Å². The minimum atomic E-state index is -0.924. The maximum Gasteiger partial charge on any atom is 0.336 e. The zero-order chi connectivity index (χ0) is 21.4. The number of rotatable bonds is 4. The molecule has 0 spiro atoms. The number of carboxylic acids is 1. The van der Waals surface area contributed by atoms with E-state index in [0.717, 1.165) is 28.8 Å². The summed E-state index contributed by atoms with van der Waals surface area (Å²) < 4.78 is 10.7. The van der Waals surface area contributed by atoms with Crippen molar-refractivity contribution in [3.8, 4) is 11.5 Å². The van der Waals surface area contributed by atoms with E-state index >= 15 is 0 Å². The Labute approximate surface area is 179 Å². The summed E-state index contributed by atoms with van der Waals surface area (Å²) in [5.41, 5.74) is 4.39. The predicted octanol–water partition coefficient (Wildman–Crippen LogP) is 5.73. The molecule has 30 heavy (non-hydrogen) atoms. The van der Waals surface area contributed by atoms with E-state index in [2.05, 4.69) is 6.92 Å². The highest BCUT2D eigenvalue weighted by molar-refractivity contribution is 6.32. The first-order valence-electron chi connectivity index (χ1n) is 9.70. The lowest BCUT2D eigenvalue weighted by molar-refractivity contribution is 0.0697.